The van der Waals surface area contributed by atoms with Crippen LogP contribution in [0, 0.1) is 13.8 Å². The second-order valence-corrected chi connectivity index (χ2v) is 9.33. The summed E-state index contributed by atoms with van der Waals surface area (Å²) in [7, 11) is 1.60. The van der Waals surface area contributed by atoms with E-state index in [4.69, 9.17) is 4.74 Å². The first-order chi connectivity index (χ1) is 18.3. The molecule has 0 aliphatic carbocycles. The molecule has 0 saturated heterocycles. The van der Waals surface area contributed by atoms with Crippen molar-refractivity contribution in [1.82, 2.24) is 9.78 Å². The summed E-state index contributed by atoms with van der Waals surface area (Å²) in [6.07, 6.45) is 1.53. The molecular formula is C30H29N5O3. The zero-order valence-corrected chi connectivity index (χ0v) is 21.7. The number of hydrogen-bond acceptors (Lipinski definition) is 5. The van der Waals surface area contributed by atoms with E-state index >= 15 is 0 Å². The zero-order chi connectivity index (χ0) is 26.8. The van der Waals surface area contributed by atoms with Crippen LogP contribution in [0.5, 0.6) is 5.75 Å². The third-order valence-corrected chi connectivity index (χ3v) is 6.56. The lowest BCUT2D eigenvalue weighted by Crippen LogP contribution is -2.32. The first-order valence-electron chi connectivity index (χ1n) is 12.3. The number of anilines is 3. The standard InChI is InChI=1S/C30H29N5O3/c1-18-5-9-21(10-6-18)27-26(30(37)34-23-13-15-24(38-4)16-14-23)20(3)32-28-25(17-31-35(27)28)29(36)33-22-11-7-19(2)8-12-22/h5-17,27,32H,1-4H3,(H,33,36)(H,34,37). The number of rotatable bonds is 6. The number of carbonyl (C=O) groups is 2. The van der Waals surface area contributed by atoms with Crippen LogP contribution in [0.2, 0.25) is 0 Å². The number of allylic oxidation sites excluding steroid dienone is 1. The lowest BCUT2D eigenvalue weighted by Gasteiger charge is -2.30. The SMILES string of the molecule is COc1ccc(NC(=O)C2=C(C)Nc3c(C(=O)Nc4ccc(C)cc4)cnn3C2c2ccc(C)cc2)cc1. The van der Waals surface area contributed by atoms with E-state index in [1.54, 1.807) is 36.1 Å². The van der Waals surface area contributed by atoms with E-state index in [9.17, 15) is 9.59 Å². The van der Waals surface area contributed by atoms with Crippen LogP contribution in [0.1, 0.15) is 40.0 Å². The van der Waals surface area contributed by atoms with Gasteiger partial charge in [-0.15, -0.1) is 0 Å². The number of hydrogen-bond donors (Lipinski definition) is 3. The highest BCUT2D eigenvalue weighted by Crippen LogP contribution is 2.38. The molecule has 4 aromatic rings. The van der Waals surface area contributed by atoms with E-state index in [2.05, 4.69) is 21.0 Å². The molecule has 3 aromatic carbocycles. The molecule has 8 heteroatoms. The molecule has 1 atom stereocenters. The van der Waals surface area contributed by atoms with Gasteiger partial charge in [0.15, 0.2) is 0 Å². The van der Waals surface area contributed by atoms with Crippen LogP contribution >= 0.6 is 0 Å². The Hall–Kier alpha value is -4.85. The molecule has 0 fully saturated rings. The monoisotopic (exact) mass is 507 g/mol. The molecule has 0 radical (unpaired) electrons. The van der Waals surface area contributed by atoms with Crippen molar-refractivity contribution in [3.63, 3.8) is 0 Å². The van der Waals surface area contributed by atoms with Crippen molar-refractivity contribution in [2.24, 2.45) is 0 Å². The molecule has 1 aromatic heterocycles. The molecule has 1 aliphatic heterocycles. The lowest BCUT2D eigenvalue weighted by atomic mass is 9.94. The number of ether oxygens (including phenoxy) is 1. The van der Waals surface area contributed by atoms with Gasteiger partial charge < -0.3 is 20.7 Å². The third-order valence-electron chi connectivity index (χ3n) is 6.56. The highest BCUT2D eigenvalue weighted by molar-refractivity contribution is 6.09. The predicted octanol–water partition coefficient (Wildman–Crippen LogP) is 5.69. The van der Waals surface area contributed by atoms with Crippen LogP contribution in [0.25, 0.3) is 0 Å². The number of carbonyl (C=O) groups excluding carboxylic acids is 2. The summed E-state index contributed by atoms with van der Waals surface area (Å²) in [4.78, 5) is 26.9. The number of amides is 2. The van der Waals surface area contributed by atoms with Gasteiger partial charge in [0.05, 0.1) is 18.9 Å². The van der Waals surface area contributed by atoms with Crippen LogP contribution in [0.3, 0.4) is 0 Å². The number of nitrogens with one attached hydrogen (secondary N) is 3. The Bertz CT molecular complexity index is 1520. The van der Waals surface area contributed by atoms with Crippen LogP contribution < -0.4 is 20.7 Å². The maximum absolute atomic E-state index is 13.6. The minimum absolute atomic E-state index is 0.266. The van der Waals surface area contributed by atoms with E-state index in [0.29, 0.717) is 39.8 Å². The fourth-order valence-electron chi connectivity index (χ4n) is 4.48. The number of fused-ring (bicyclic) bond motifs is 1. The quantitative estimate of drug-likeness (QED) is 0.312. The summed E-state index contributed by atoms with van der Waals surface area (Å²) in [6, 6.07) is 22.2. The molecule has 0 spiro atoms. The van der Waals surface area contributed by atoms with Crippen molar-refractivity contribution in [1.29, 1.82) is 0 Å². The summed E-state index contributed by atoms with van der Waals surface area (Å²) < 4.78 is 6.92. The van der Waals surface area contributed by atoms with Gasteiger partial charge in [-0.3, -0.25) is 9.59 Å². The average molecular weight is 508 g/mol. The van der Waals surface area contributed by atoms with Gasteiger partial charge in [0.25, 0.3) is 11.8 Å². The Morgan fingerprint density at radius 3 is 1.97 bits per heavy atom. The van der Waals surface area contributed by atoms with E-state index in [-0.39, 0.29) is 11.8 Å². The molecular weight excluding hydrogens is 478 g/mol. The maximum Gasteiger partial charge on any atom is 0.261 e. The van der Waals surface area contributed by atoms with E-state index in [1.807, 2.05) is 69.3 Å². The Kier molecular flexibility index (Phi) is 6.70. The number of nitrogens with zero attached hydrogens (tertiary/aromatic N) is 2. The molecule has 0 saturated carbocycles. The highest BCUT2D eigenvalue weighted by Gasteiger charge is 2.35. The lowest BCUT2D eigenvalue weighted by molar-refractivity contribution is -0.113. The van der Waals surface area contributed by atoms with Gasteiger partial charge in [-0.1, -0.05) is 47.5 Å². The van der Waals surface area contributed by atoms with Crippen LogP contribution in [-0.4, -0.2) is 28.7 Å². The normalized spacial score (nSPS) is 14.4. The van der Waals surface area contributed by atoms with Crippen LogP contribution in [-0.2, 0) is 4.79 Å². The minimum Gasteiger partial charge on any atom is -0.497 e. The Labute approximate surface area is 221 Å². The second kappa shape index (κ2) is 10.3. The molecule has 192 valence electrons. The van der Waals surface area contributed by atoms with E-state index in [1.165, 1.54) is 6.20 Å². The number of aryl methyl sites for hydroxylation is 2. The number of aromatic nitrogens is 2. The molecule has 2 amide bonds. The molecule has 2 heterocycles. The van der Waals surface area contributed by atoms with Crippen LogP contribution in [0.4, 0.5) is 17.2 Å². The summed E-state index contributed by atoms with van der Waals surface area (Å²) in [5.74, 6) is 0.674. The van der Waals surface area contributed by atoms with Gasteiger partial charge in [-0.25, -0.2) is 4.68 Å². The fraction of sp³-hybridized carbons (Fsp3) is 0.167. The van der Waals surface area contributed by atoms with Gasteiger partial charge in [0.1, 0.15) is 23.2 Å². The summed E-state index contributed by atoms with van der Waals surface area (Å²) in [6.45, 7) is 5.84. The molecule has 1 aliphatic rings. The third kappa shape index (κ3) is 4.88. The average Bonchev–Trinajstić information content (AvgIpc) is 3.33. The van der Waals surface area contributed by atoms with Gasteiger partial charge in [0.2, 0.25) is 0 Å². The van der Waals surface area contributed by atoms with E-state index < -0.39 is 6.04 Å². The van der Waals surface area contributed by atoms with Crippen molar-refractivity contribution >= 4 is 29.0 Å². The van der Waals surface area contributed by atoms with Crippen molar-refractivity contribution in [2.75, 3.05) is 23.1 Å². The Balaban J connectivity index is 1.51. The van der Waals surface area contributed by atoms with Gasteiger partial charge >= 0.3 is 0 Å². The fourth-order valence-corrected chi connectivity index (χ4v) is 4.48. The Morgan fingerprint density at radius 2 is 1.37 bits per heavy atom. The predicted molar refractivity (Wildman–Crippen MR) is 149 cm³/mol. The first-order valence-corrected chi connectivity index (χ1v) is 12.3. The number of methoxy groups -OCH3 is 1. The zero-order valence-electron chi connectivity index (χ0n) is 21.7. The maximum atomic E-state index is 13.6. The molecule has 0 bridgehead atoms. The van der Waals surface area contributed by atoms with Crippen molar-refractivity contribution in [3.8, 4) is 5.75 Å². The summed E-state index contributed by atoms with van der Waals surface area (Å²) >= 11 is 0. The van der Waals surface area contributed by atoms with E-state index in [0.717, 1.165) is 16.7 Å². The summed E-state index contributed by atoms with van der Waals surface area (Å²) in [5, 5.41) is 13.8. The molecule has 5 rings (SSSR count). The van der Waals surface area contributed by atoms with Crippen molar-refractivity contribution < 1.29 is 14.3 Å². The molecule has 38 heavy (non-hydrogen) atoms. The van der Waals surface area contributed by atoms with Gasteiger partial charge in [-0.2, -0.15) is 5.10 Å². The minimum atomic E-state index is -0.536. The van der Waals surface area contributed by atoms with Crippen LogP contribution in [0.15, 0.2) is 90.3 Å². The highest BCUT2D eigenvalue weighted by atomic mass is 16.5. The van der Waals surface area contributed by atoms with Crippen molar-refractivity contribution in [2.45, 2.75) is 26.8 Å². The molecule has 1 unspecified atom stereocenters. The Morgan fingerprint density at radius 1 is 0.816 bits per heavy atom. The molecule has 8 nitrogen and oxygen atoms in total. The number of benzene rings is 3. The van der Waals surface area contributed by atoms with Gasteiger partial charge in [0, 0.05) is 17.1 Å². The van der Waals surface area contributed by atoms with Crippen molar-refractivity contribution in [3.05, 3.63) is 113 Å². The largest absolute Gasteiger partial charge is 0.497 e. The van der Waals surface area contributed by atoms with Gasteiger partial charge in [-0.05, 0) is 62.7 Å². The smallest absolute Gasteiger partial charge is 0.261 e. The topological polar surface area (TPSA) is 97.3 Å². The first kappa shape index (κ1) is 24.8. The molecule has 3 N–H and O–H groups in total. The second-order valence-electron chi connectivity index (χ2n) is 9.33. The summed E-state index contributed by atoms with van der Waals surface area (Å²) in [5.41, 5.74) is 5.95.